The molecule has 0 atom stereocenters. The molecule has 1 aromatic heterocycles. The lowest BCUT2D eigenvalue weighted by atomic mass is 10.5. The Bertz CT molecular complexity index is 318. The first-order valence-electron chi connectivity index (χ1n) is 3.52. The number of nitrogens with zero attached hydrogens (tertiary/aromatic N) is 1. The third-order valence-electron chi connectivity index (χ3n) is 1.35. The molecule has 0 aromatic carbocycles. The lowest BCUT2D eigenvalue weighted by Crippen LogP contribution is -2.31. The van der Waals surface area contributed by atoms with Gasteiger partial charge in [-0.25, -0.2) is 0 Å². The lowest BCUT2D eigenvalue weighted by molar-refractivity contribution is 0.567. The summed E-state index contributed by atoms with van der Waals surface area (Å²) in [4.78, 5) is 10.9. The molecular weight excluding hydrogens is 180 g/mol. The van der Waals surface area contributed by atoms with Gasteiger partial charge in [-0.05, 0) is 12.6 Å². The average molecular weight is 189 g/mol. The number of aromatic nitrogens is 1. The van der Waals surface area contributed by atoms with Crippen molar-refractivity contribution in [2.45, 2.75) is 12.7 Å². The molecule has 0 spiro atoms. The van der Waals surface area contributed by atoms with Gasteiger partial charge in [-0.3, -0.25) is 13.0 Å². The molecule has 0 aliphatic carbocycles. The number of rotatable bonds is 2. The van der Waals surface area contributed by atoms with Gasteiger partial charge in [0.2, 0.25) is 5.56 Å². The summed E-state index contributed by atoms with van der Waals surface area (Å²) in [6.45, 7) is 0.923. The summed E-state index contributed by atoms with van der Waals surface area (Å²) < 4.78 is 26.2. The molecule has 66 valence electrons. The highest BCUT2D eigenvalue weighted by Crippen LogP contribution is 2.06. The van der Waals surface area contributed by atoms with Gasteiger partial charge in [-0.1, -0.05) is 6.07 Å². The van der Waals surface area contributed by atoms with E-state index in [4.69, 9.17) is 0 Å². The van der Waals surface area contributed by atoms with Crippen molar-refractivity contribution in [1.82, 2.24) is 4.57 Å². The van der Waals surface area contributed by atoms with Gasteiger partial charge < -0.3 is 4.57 Å². The molecule has 1 rings (SSSR count). The highest BCUT2D eigenvalue weighted by Gasteiger charge is 2.28. The molecule has 12 heavy (non-hydrogen) atoms. The summed E-state index contributed by atoms with van der Waals surface area (Å²) in [6, 6.07) is 4.38. The van der Waals surface area contributed by atoms with Crippen molar-refractivity contribution in [2.24, 2.45) is 0 Å². The van der Waals surface area contributed by atoms with Crippen LogP contribution in [0.3, 0.4) is 0 Å². The minimum absolute atomic E-state index is 0.369. The molecule has 0 aliphatic heterocycles. The first-order chi connectivity index (χ1) is 5.49. The number of hydrogen-bond acceptors (Lipinski definition) is 1. The Kier molecular flexibility index (Phi) is 2.42. The highest BCUT2D eigenvalue weighted by atomic mass is 28.4. The molecular formula is C7H9F2NOSi. The maximum atomic E-state index is 12.6. The predicted octanol–water partition coefficient (Wildman–Crippen LogP) is 1.40. The largest absolute Gasteiger partial charge is 0.440 e. The van der Waals surface area contributed by atoms with Gasteiger partial charge in [0.15, 0.2) is 0 Å². The van der Waals surface area contributed by atoms with Crippen LogP contribution in [0.15, 0.2) is 29.2 Å². The van der Waals surface area contributed by atoms with Crippen LogP contribution in [0.2, 0.25) is 6.55 Å². The molecule has 0 unspecified atom stereocenters. The molecule has 0 amide bonds. The van der Waals surface area contributed by atoms with Gasteiger partial charge in [0.1, 0.15) is 0 Å². The van der Waals surface area contributed by atoms with Gasteiger partial charge in [-0.2, -0.15) is 0 Å². The van der Waals surface area contributed by atoms with E-state index in [0.717, 1.165) is 11.1 Å². The molecule has 0 aliphatic rings. The summed E-state index contributed by atoms with van der Waals surface area (Å²) in [6.07, 6.45) is 0.958. The van der Waals surface area contributed by atoms with E-state index in [-0.39, 0.29) is 5.56 Å². The fraction of sp³-hybridized carbons (Fsp3) is 0.286. The van der Waals surface area contributed by atoms with Crippen LogP contribution in [0.5, 0.6) is 0 Å². The van der Waals surface area contributed by atoms with Crippen molar-refractivity contribution in [1.29, 1.82) is 0 Å². The molecule has 0 fully saturated rings. The first-order valence-corrected chi connectivity index (χ1v) is 5.99. The smallest absolute Gasteiger partial charge is 0.313 e. The maximum Gasteiger partial charge on any atom is 0.440 e. The topological polar surface area (TPSA) is 22.0 Å². The SMILES string of the molecule is C[Si](F)(F)Cn1ccccc1=O. The van der Waals surface area contributed by atoms with Crippen LogP contribution in [-0.4, -0.2) is 13.3 Å². The lowest BCUT2D eigenvalue weighted by Gasteiger charge is -2.08. The Balaban J connectivity index is 2.91. The van der Waals surface area contributed by atoms with Crippen molar-refractivity contribution >= 4 is 8.74 Å². The van der Waals surface area contributed by atoms with Crippen molar-refractivity contribution in [3.05, 3.63) is 34.7 Å². The molecule has 0 N–H and O–H groups in total. The third-order valence-corrected chi connectivity index (χ3v) is 2.24. The first kappa shape index (κ1) is 9.12. The van der Waals surface area contributed by atoms with E-state index in [2.05, 4.69) is 0 Å². The van der Waals surface area contributed by atoms with E-state index in [1.807, 2.05) is 0 Å². The van der Waals surface area contributed by atoms with Crippen LogP contribution in [-0.2, 0) is 6.17 Å². The molecule has 1 heterocycles. The third kappa shape index (κ3) is 2.58. The van der Waals surface area contributed by atoms with Crippen LogP contribution in [0, 0.1) is 0 Å². The summed E-state index contributed by atoms with van der Waals surface area (Å²) in [7, 11) is -4.17. The average Bonchev–Trinajstić information content (AvgIpc) is 1.91. The van der Waals surface area contributed by atoms with Crippen LogP contribution in [0.25, 0.3) is 0 Å². The molecule has 5 heteroatoms. The Labute approximate surface area is 69.8 Å². The van der Waals surface area contributed by atoms with E-state index in [1.165, 1.54) is 18.3 Å². The van der Waals surface area contributed by atoms with Gasteiger partial charge in [0.05, 0.1) is 6.17 Å². The quantitative estimate of drug-likeness (QED) is 0.509. The van der Waals surface area contributed by atoms with Gasteiger partial charge in [-0.15, -0.1) is 0 Å². The zero-order valence-corrected chi connectivity index (χ0v) is 7.63. The van der Waals surface area contributed by atoms with Crippen molar-refractivity contribution in [3.63, 3.8) is 0 Å². The van der Waals surface area contributed by atoms with E-state index in [9.17, 15) is 13.0 Å². The van der Waals surface area contributed by atoms with E-state index in [0.29, 0.717) is 0 Å². The van der Waals surface area contributed by atoms with E-state index >= 15 is 0 Å². The van der Waals surface area contributed by atoms with E-state index in [1.54, 1.807) is 6.07 Å². The Morgan fingerprint density at radius 1 is 1.50 bits per heavy atom. The molecule has 0 saturated carbocycles. The van der Waals surface area contributed by atoms with Crippen LogP contribution in [0.4, 0.5) is 8.22 Å². The Morgan fingerprint density at radius 3 is 2.67 bits per heavy atom. The number of hydrogen-bond donors (Lipinski definition) is 0. The molecule has 1 aromatic rings. The second-order valence-electron chi connectivity index (χ2n) is 2.74. The molecule has 0 bridgehead atoms. The maximum absolute atomic E-state index is 12.6. The van der Waals surface area contributed by atoms with E-state index < -0.39 is 14.9 Å². The molecule has 0 radical (unpaired) electrons. The zero-order chi connectivity index (χ0) is 9.19. The van der Waals surface area contributed by atoms with Crippen LogP contribution in [0.1, 0.15) is 0 Å². The van der Waals surface area contributed by atoms with Crippen molar-refractivity contribution in [2.75, 3.05) is 0 Å². The highest BCUT2D eigenvalue weighted by molar-refractivity contribution is 6.63. The molecule has 2 nitrogen and oxygen atoms in total. The normalized spacial score (nSPS) is 11.6. The summed E-state index contributed by atoms with van der Waals surface area (Å²) in [5, 5.41) is 0. The monoisotopic (exact) mass is 189 g/mol. The Morgan fingerprint density at radius 2 is 2.17 bits per heavy atom. The fourth-order valence-electron chi connectivity index (χ4n) is 0.890. The van der Waals surface area contributed by atoms with Crippen molar-refractivity contribution < 1.29 is 8.22 Å². The van der Waals surface area contributed by atoms with Gasteiger partial charge in [0, 0.05) is 12.3 Å². The second kappa shape index (κ2) is 3.18. The number of pyridine rings is 1. The fourth-order valence-corrected chi connectivity index (χ4v) is 1.75. The second-order valence-corrected chi connectivity index (χ2v) is 5.19. The van der Waals surface area contributed by atoms with Crippen LogP contribution < -0.4 is 5.56 Å². The van der Waals surface area contributed by atoms with Crippen LogP contribution >= 0.6 is 0 Å². The minimum atomic E-state index is -4.17. The summed E-state index contributed by atoms with van der Waals surface area (Å²) in [5.41, 5.74) is -0.369. The predicted molar refractivity (Wildman–Crippen MR) is 44.5 cm³/mol. The standard InChI is InChI=1S/C7H9F2NOSi/c1-12(8,9)6-10-5-3-2-4-7(10)11/h2-5H,6H2,1H3. The van der Waals surface area contributed by atoms with Gasteiger partial charge in [0.25, 0.3) is 0 Å². The van der Waals surface area contributed by atoms with Gasteiger partial charge >= 0.3 is 8.74 Å². The number of halogens is 2. The molecule has 0 saturated heterocycles. The summed E-state index contributed by atoms with van der Waals surface area (Å²) in [5.74, 6) is 0. The zero-order valence-electron chi connectivity index (χ0n) is 6.63. The van der Waals surface area contributed by atoms with Crippen molar-refractivity contribution in [3.8, 4) is 0 Å². The summed E-state index contributed by atoms with van der Waals surface area (Å²) >= 11 is 0. The minimum Gasteiger partial charge on any atom is -0.313 e. The Hall–Kier alpha value is -0.973.